The maximum Gasteiger partial charge on any atom is 0.158 e. The van der Waals surface area contributed by atoms with Gasteiger partial charge in [-0.05, 0) is 51.7 Å². The zero-order valence-corrected chi connectivity index (χ0v) is 11.2. The molecule has 0 spiro atoms. The molecule has 0 amide bonds. The van der Waals surface area contributed by atoms with Crippen LogP contribution in [0.5, 0.6) is 0 Å². The van der Waals surface area contributed by atoms with Crippen LogP contribution in [0, 0.1) is 11.8 Å². The summed E-state index contributed by atoms with van der Waals surface area (Å²) in [5.74, 6) is 0.519. The predicted molar refractivity (Wildman–Crippen MR) is 69.7 cm³/mol. The monoisotopic (exact) mass is 234 g/mol. The predicted octanol–water partition coefficient (Wildman–Crippen LogP) is 3.47. The number of carbonyl (C=O) groups excluding carboxylic acids is 2. The summed E-state index contributed by atoms with van der Waals surface area (Å²) in [6.07, 6.45) is 5.78. The molecule has 0 bridgehead atoms. The Hall–Kier alpha value is -1.18. The summed E-state index contributed by atoms with van der Waals surface area (Å²) in [7, 11) is 0. The van der Waals surface area contributed by atoms with E-state index >= 15 is 0 Å². The Labute approximate surface area is 104 Å². The molecular formula is C15H22O2. The maximum atomic E-state index is 11.8. The highest BCUT2D eigenvalue weighted by Gasteiger charge is 2.27. The van der Waals surface area contributed by atoms with Crippen LogP contribution in [0.25, 0.3) is 0 Å². The third kappa shape index (κ3) is 4.29. The standard InChI is InChI=1S/C15H22O2/c1-10(2)7-13(16)9-12(4)14-6-5-11(3)8-15(14)17/h7-8,12,14H,5-6,9H2,1-4H3/t12?,14-/m0/s1. The van der Waals surface area contributed by atoms with Gasteiger partial charge in [0.05, 0.1) is 0 Å². The highest BCUT2D eigenvalue weighted by Crippen LogP contribution is 2.28. The molecule has 0 radical (unpaired) electrons. The van der Waals surface area contributed by atoms with Crippen LogP contribution in [0.15, 0.2) is 23.3 Å². The Morgan fingerprint density at radius 3 is 2.71 bits per heavy atom. The Balaban J connectivity index is 2.60. The molecule has 0 fully saturated rings. The summed E-state index contributed by atoms with van der Waals surface area (Å²) in [6, 6.07) is 0. The second kappa shape index (κ2) is 5.95. The lowest BCUT2D eigenvalue weighted by Gasteiger charge is -2.24. The average molecular weight is 234 g/mol. The van der Waals surface area contributed by atoms with Crippen LogP contribution in [0.2, 0.25) is 0 Å². The topological polar surface area (TPSA) is 34.1 Å². The number of ketones is 2. The van der Waals surface area contributed by atoms with Crippen LogP contribution in [-0.4, -0.2) is 11.6 Å². The fourth-order valence-corrected chi connectivity index (χ4v) is 2.35. The van der Waals surface area contributed by atoms with Crippen molar-refractivity contribution in [1.82, 2.24) is 0 Å². The van der Waals surface area contributed by atoms with E-state index in [-0.39, 0.29) is 23.4 Å². The quantitative estimate of drug-likeness (QED) is 0.698. The van der Waals surface area contributed by atoms with Gasteiger partial charge in [-0.2, -0.15) is 0 Å². The van der Waals surface area contributed by atoms with Gasteiger partial charge in [-0.25, -0.2) is 0 Å². The second-order valence-corrected chi connectivity index (χ2v) is 5.41. The van der Waals surface area contributed by atoms with Crippen molar-refractivity contribution in [2.24, 2.45) is 11.8 Å². The summed E-state index contributed by atoms with van der Waals surface area (Å²) in [5, 5.41) is 0. The molecule has 17 heavy (non-hydrogen) atoms. The van der Waals surface area contributed by atoms with Crippen LogP contribution in [0.1, 0.15) is 47.0 Å². The zero-order chi connectivity index (χ0) is 13.0. The van der Waals surface area contributed by atoms with Crippen LogP contribution in [-0.2, 0) is 9.59 Å². The summed E-state index contributed by atoms with van der Waals surface area (Å²) in [5.41, 5.74) is 2.18. The van der Waals surface area contributed by atoms with Gasteiger partial charge in [0, 0.05) is 12.3 Å². The Morgan fingerprint density at radius 2 is 2.18 bits per heavy atom. The van der Waals surface area contributed by atoms with Crippen LogP contribution in [0.3, 0.4) is 0 Å². The lowest BCUT2D eigenvalue weighted by Crippen LogP contribution is -2.25. The first-order chi connectivity index (χ1) is 7.90. The molecule has 0 heterocycles. The van der Waals surface area contributed by atoms with Crippen molar-refractivity contribution >= 4 is 11.6 Å². The lowest BCUT2D eigenvalue weighted by molar-refractivity contribution is -0.121. The minimum absolute atomic E-state index is 0.0354. The fourth-order valence-electron chi connectivity index (χ4n) is 2.35. The molecule has 0 aliphatic heterocycles. The van der Waals surface area contributed by atoms with Gasteiger partial charge < -0.3 is 0 Å². The van der Waals surface area contributed by atoms with Crippen molar-refractivity contribution < 1.29 is 9.59 Å². The summed E-state index contributed by atoms with van der Waals surface area (Å²) < 4.78 is 0. The van der Waals surface area contributed by atoms with Crippen molar-refractivity contribution in [2.75, 3.05) is 0 Å². The van der Waals surface area contributed by atoms with E-state index < -0.39 is 0 Å². The largest absolute Gasteiger partial charge is 0.295 e. The van der Waals surface area contributed by atoms with Gasteiger partial charge in [0.15, 0.2) is 11.6 Å². The van der Waals surface area contributed by atoms with Crippen LogP contribution >= 0.6 is 0 Å². The van der Waals surface area contributed by atoms with Crippen molar-refractivity contribution in [3.8, 4) is 0 Å². The molecule has 0 aromatic rings. The van der Waals surface area contributed by atoms with E-state index in [1.807, 2.05) is 27.7 Å². The molecule has 2 heteroatoms. The van der Waals surface area contributed by atoms with E-state index in [9.17, 15) is 9.59 Å². The minimum Gasteiger partial charge on any atom is -0.295 e. The highest BCUT2D eigenvalue weighted by molar-refractivity contribution is 5.95. The van der Waals surface area contributed by atoms with Gasteiger partial charge in [0.2, 0.25) is 0 Å². The molecule has 0 aromatic carbocycles. The lowest BCUT2D eigenvalue weighted by atomic mass is 9.79. The molecule has 1 aliphatic rings. The molecule has 1 aliphatic carbocycles. The first kappa shape index (κ1) is 13.9. The van der Waals surface area contributed by atoms with E-state index in [0.29, 0.717) is 6.42 Å². The maximum absolute atomic E-state index is 11.8. The van der Waals surface area contributed by atoms with Gasteiger partial charge in [-0.1, -0.05) is 18.1 Å². The molecule has 2 atom stereocenters. The van der Waals surface area contributed by atoms with E-state index in [2.05, 4.69) is 0 Å². The normalized spacial score (nSPS) is 21.8. The number of allylic oxidation sites excluding steroid dienone is 4. The average Bonchev–Trinajstić information content (AvgIpc) is 2.15. The molecule has 1 rings (SSSR count). The number of hydrogen-bond donors (Lipinski definition) is 0. The molecule has 94 valence electrons. The molecule has 1 unspecified atom stereocenters. The smallest absolute Gasteiger partial charge is 0.158 e. The van der Waals surface area contributed by atoms with Gasteiger partial charge in [0.25, 0.3) is 0 Å². The molecule has 0 aromatic heterocycles. The first-order valence-corrected chi connectivity index (χ1v) is 6.29. The van der Waals surface area contributed by atoms with Gasteiger partial charge in [-0.3, -0.25) is 9.59 Å². The molecule has 0 saturated carbocycles. The first-order valence-electron chi connectivity index (χ1n) is 6.29. The third-order valence-electron chi connectivity index (χ3n) is 3.26. The van der Waals surface area contributed by atoms with Gasteiger partial charge in [-0.15, -0.1) is 0 Å². The summed E-state index contributed by atoms with van der Waals surface area (Å²) >= 11 is 0. The van der Waals surface area contributed by atoms with E-state index in [1.54, 1.807) is 12.2 Å². The molecule has 0 N–H and O–H groups in total. The Bertz CT molecular complexity index is 370. The highest BCUT2D eigenvalue weighted by atomic mass is 16.1. The van der Waals surface area contributed by atoms with E-state index in [4.69, 9.17) is 0 Å². The van der Waals surface area contributed by atoms with Crippen molar-refractivity contribution in [1.29, 1.82) is 0 Å². The van der Waals surface area contributed by atoms with Crippen molar-refractivity contribution in [3.63, 3.8) is 0 Å². The Morgan fingerprint density at radius 1 is 1.53 bits per heavy atom. The second-order valence-electron chi connectivity index (χ2n) is 5.41. The molecular weight excluding hydrogens is 212 g/mol. The van der Waals surface area contributed by atoms with Crippen LogP contribution < -0.4 is 0 Å². The minimum atomic E-state index is 0.0354. The third-order valence-corrected chi connectivity index (χ3v) is 3.26. The summed E-state index contributed by atoms with van der Waals surface area (Å²) in [4.78, 5) is 23.5. The molecule has 0 saturated heterocycles. The van der Waals surface area contributed by atoms with Crippen molar-refractivity contribution in [2.45, 2.75) is 47.0 Å². The molecule has 2 nitrogen and oxygen atoms in total. The number of hydrogen-bond acceptors (Lipinski definition) is 2. The SMILES string of the molecule is CC(C)=CC(=O)CC(C)[C@@H]1CCC(C)=CC1=O. The van der Waals surface area contributed by atoms with Gasteiger partial charge in [0.1, 0.15) is 0 Å². The Kier molecular flexibility index (Phi) is 4.86. The van der Waals surface area contributed by atoms with Crippen molar-refractivity contribution in [3.05, 3.63) is 23.3 Å². The number of carbonyl (C=O) groups is 2. The number of rotatable bonds is 4. The zero-order valence-electron chi connectivity index (χ0n) is 11.2. The fraction of sp³-hybridized carbons (Fsp3) is 0.600. The van der Waals surface area contributed by atoms with Crippen LogP contribution in [0.4, 0.5) is 0 Å². The van der Waals surface area contributed by atoms with Gasteiger partial charge >= 0.3 is 0 Å². The summed E-state index contributed by atoms with van der Waals surface area (Å²) in [6.45, 7) is 7.84. The van der Waals surface area contributed by atoms with E-state index in [1.165, 1.54) is 0 Å². The van der Waals surface area contributed by atoms with E-state index in [0.717, 1.165) is 24.0 Å².